The molecule has 1 aliphatic heterocycles. The fourth-order valence-electron chi connectivity index (χ4n) is 4.79. The van der Waals surface area contributed by atoms with Gasteiger partial charge in [0.15, 0.2) is 17.3 Å². The van der Waals surface area contributed by atoms with Crippen LogP contribution in [-0.2, 0) is 11.2 Å². The van der Waals surface area contributed by atoms with Crippen molar-refractivity contribution in [2.75, 3.05) is 12.1 Å². The molecule has 190 valence electrons. The molecule has 39 heavy (non-hydrogen) atoms. The van der Waals surface area contributed by atoms with Crippen LogP contribution in [0.5, 0.6) is 11.5 Å². The minimum atomic E-state index is -0.286. The highest BCUT2D eigenvalue weighted by atomic mass is 16.7. The zero-order valence-corrected chi connectivity index (χ0v) is 21.1. The van der Waals surface area contributed by atoms with Gasteiger partial charge in [0.25, 0.3) is 5.91 Å². The summed E-state index contributed by atoms with van der Waals surface area (Å²) < 4.78 is 11.0. The highest BCUT2D eigenvalue weighted by Gasteiger charge is 2.21. The van der Waals surface area contributed by atoms with Crippen LogP contribution in [0.2, 0.25) is 0 Å². The molecule has 5 heteroatoms. The van der Waals surface area contributed by atoms with Gasteiger partial charge in [0, 0.05) is 28.6 Å². The first-order chi connectivity index (χ1) is 19.2. The summed E-state index contributed by atoms with van der Waals surface area (Å²) in [5.74, 6) is 0.912. The van der Waals surface area contributed by atoms with Crippen LogP contribution in [0.3, 0.4) is 0 Å². The Hall–Kier alpha value is -5.16. The molecule has 0 saturated carbocycles. The van der Waals surface area contributed by atoms with Gasteiger partial charge < -0.3 is 14.8 Å². The number of carbonyl (C=O) groups is 2. The molecule has 0 aromatic heterocycles. The standard InChI is InChI=1S/C34H25NO4/c36-31(20-23-9-2-1-3-10-23)29(19-24-17-18-32-33(21-24)39-22-38-32)27-14-6-7-15-28(27)34(37)35-30-16-8-12-25-11-4-5-13-26(25)30/h1-19,21H,20,22H2,(H,35,37)/b29-19-. The Kier molecular flexibility index (Phi) is 6.62. The van der Waals surface area contributed by atoms with E-state index in [4.69, 9.17) is 9.47 Å². The first-order valence-electron chi connectivity index (χ1n) is 12.7. The Morgan fingerprint density at radius 2 is 1.44 bits per heavy atom. The highest BCUT2D eigenvalue weighted by molar-refractivity contribution is 6.28. The monoisotopic (exact) mass is 511 g/mol. The SMILES string of the molecule is O=C(Cc1ccccc1)/C(=C\c1ccc2c(c1)OCO2)c1ccccc1C(=O)Nc1cccc2ccccc12. The smallest absolute Gasteiger partial charge is 0.256 e. The summed E-state index contributed by atoms with van der Waals surface area (Å²) in [6.45, 7) is 0.166. The van der Waals surface area contributed by atoms with E-state index in [9.17, 15) is 9.59 Å². The van der Waals surface area contributed by atoms with Gasteiger partial charge in [-0.25, -0.2) is 0 Å². The molecule has 1 aliphatic rings. The second-order valence-electron chi connectivity index (χ2n) is 9.28. The molecule has 1 amide bonds. The first kappa shape index (κ1) is 24.2. The Labute approximate surface area is 226 Å². The van der Waals surface area contributed by atoms with Crippen molar-refractivity contribution < 1.29 is 19.1 Å². The van der Waals surface area contributed by atoms with E-state index in [2.05, 4.69) is 5.32 Å². The average molecular weight is 512 g/mol. The molecule has 0 bridgehead atoms. The Balaban J connectivity index is 1.41. The van der Waals surface area contributed by atoms with E-state index < -0.39 is 0 Å². The summed E-state index contributed by atoms with van der Waals surface area (Å²) in [6.07, 6.45) is 2.02. The van der Waals surface area contributed by atoms with Gasteiger partial charge in [0.2, 0.25) is 6.79 Å². The van der Waals surface area contributed by atoms with Crippen LogP contribution in [0.25, 0.3) is 22.4 Å². The zero-order valence-electron chi connectivity index (χ0n) is 21.1. The van der Waals surface area contributed by atoms with Crippen molar-refractivity contribution in [1.82, 2.24) is 0 Å². The fraction of sp³-hybridized carbons (Fsp3) is 0.0588. The number of fused-ring (bicyclic) bond motifs is 2. The lowest BCUT2D eigenvalue weighted by molar-refractivity contribution is -0.113. The number of benzene rings is 5. The Morgan fingerprint density at radius 1 is 0.718 bits per heavy atom. The topological polar surface area (TPSA) is 64.6 Å². The molecule has 0 fully saturated rings. The number of ether oxygens (including phenoxy) is 2. The summed E-state index contributed by atoms with van der Waals surface area (Å²) >= 11 is 0. The van der Waals surface area contributed by atoms with E-state index in [-0.39, 0.29) is 24.9 Å². The van der Waals surface area contributed by atoms with Gasteiger partial charge in [0.05, 0.1) is 0 Å². The van der Waals surface area contributed by atoms with E-state index >= 15 is 0 Å². The van der Waals surface area contributed by atoms with Crippen LogP contribution < -0.4 is 14.8 Å². The highest BCUT2D eigenvalue weighted by Crippen LogP contribution is 2.34. The molecular weight excluding hydrogens is 486 g/mol. The number of carbonyl (C=O) groups excluding carboxylic acids is 2. The lowest BCUT2D eigenvalue weighted by Gasteiger charge is -2.14. The second kappa shape index (κ2) is 10.7. The fourth-order valence-corrected chi connectivity index (χ4v) is 4.79. The van der Waals surface area contributed by atoms with E-state index in [1.807, 2.05) is 109 Å². The van der Waals surface area contributed by atoms with Crippen molar-refractivity contribution in [2.45, 2.75) is 6.42 Å². The minimum absolute atomic E-state index is 0.0933. The molecule has 0 unspecified atom stereocenters. The molecule has 5 aromatic rings. The number of anilines is 1. The van der Waals surface area contributed by atoms with Crippen LogP contribution >= 0.6 is 0 Å². The number of nitrogens with one attached hydrogen (secondary N) is 1. The molecule has 0 aliphatic carbocycles. The van der Waals surface area contributed by atoms with Crippen molar-refractivity contribution >= 4 is 39.8 Å². The Bertz CT molecular complexity index is 1720. The van der Waals surface area contributed by atoms with Gasteiger partial charge in [-0.05, 0) is 52.4 Å². The van der Waals surface area contributed by atoms with Crippen LogP contribution in [0.1, 0.15) is 27.0 Å². The normalized spacial score (nSPS) is 12.4. The van der Waals surface area contributed by atoms with Crippen molar-refractivity contribution in [1.29, 1.82) is 0 Å². The van der Waals surface area contributed by atoms with Crippen LogP contribution in [0.15, 0.2) is 115 Å². The third-order valence-corrected chi connectivity index (χ3v) is 6.72. The van der Waals surface area contributed by atoms with Crippen molar-refractivity contribution in [3.8, 4) is 11.5 Å². The molecule has 1 N–H and O–H groups in total. The zero-order chi connectivity index (χ0) is 26.6. The summed E-state index contributed by atoms with van der Waals surface area (Å²) in [4.78, 5) is 27.5. The quantitative estimate of drug-likeness (QED) is 0.186. The van der Waals surface area contributed by atoms with Gasteiger partial charge >= 0.3 is 0 Å². The lowest BCUT2D eigenvalue weighted by atomic mass is 9.91. The molecule has 1 heterocycles. The maximum atomic E-state index is 13.8. The summed E-state index contributed by atoms with van der Waals surface area (Å²) in [5.41, 5.74) is 3.82. The molecule has 6 rings (SSSR count). The molecular formula is C34H25NO4. The maximum absolute atomic E-state index is 13.8. The Morgan fingerprint density at radius 3 is 2.31 bits per heavy atom. The largest absolute Gasteiger partial charge is 0.454 e. The van der Waals surface area contributed by atoms with Crippen molar-refractivity contribution in [3.63, 3.8) is 0 Å². The van der Waals surface area contributed by atoms with E-state index in [0.717, 1.165) is 21.9 Å². The van der Waals surface area contributed by atoms with Crippen molar-refractivity contribution in [3.05, 3.63) is 138 Å². The van der Waals surface area contributed by atoms with Gasteiger partial charge in [-0.15, -0.1) is 0 Å². The van der Waals surface area contributed by atoms with Gasteiger partial charge in [-0.3, -0.25) is 9.59 Å². The van der Waals surface area contributed by atoms with Gasteiger partial charge in [-0.2, -0.15) is 0 Å². The number of hydrogen-bond donors (Lipinski definition) is 1. The number of hydrogen-bond acceptors (Lipinski definition) is 4. The summed E-state index contributed by atoms with van der Waals surface area (Å²) in [5, 5.41) is 5.05. The molecule has 0 atom stereocenters. The maximum Gasteiger partial charge on any atom is 0.256 e. The van der Waals surface area contributed by atoms with E-state index in [1.165, 1.54) is 0 Å². The number of ketones is 1. The summed E-state index contributed by atoms with van der Waals surface area (Å²) in [6, 6.07) is 36.1. The second-order valence-corrected chi connectivity index (χ2v) is 9.28. The van der Waals surface area contributed by atoms with Gasteiger partial charge in [-0.1, -0.05) is 91.0 Å². The molecule has 5 aromatic carbocycles. The number of allylic oxidation sites excluding steroid dienone is 1. The van der Waals surface area contributed by atoms with Crippen LogP contribution in [0, 0.1) is 0 Å². The van der Waals surface area contributed by atoms with E-state index in [1.54, 1.807) is 12.1 Å². The lowest BCUT2D eigenvalue weighted by Crippen LogP contribution is -2.16. The minimum Gasteiger partial charge on any atom is -0.454 e. The number of Topliss-reactive ketones (excluding diaryl/α,β-unsaturated/α-hetero) is 1. The molecule has 5 nitrogen and oxygen atoms in total. The third kappa shape index (κ3) is 5.15. The predicted octanol–water partition coefficient (Wildman–Crippen LogP) is 7.17. The number of amides is 1. The van der Waals surface area contributed by atoms with Crippen LogP contribution in [-0.4, -0.2) is 18.5 Å². The molecule has 0 spiro atoms. The van der Waals surface area contributed by atoms with Crippen LogP contribution in [0.4, 0.5) is 5.69 Å². The third-order valence-electron chi connectivity index (χ3n) is 6.72. The average Bonchev–Trinajstić information content (AvgIpc) is 3.45. The predicted molar refractivity (Wildman–Crippen MR) is 154 cm³/mol. The van der Waals surface area contributed by atoms with Gasteiger partial charge in [0.1, 0.15) is 0 Å². The molecule has 0 radical (unpaired) electrons. The summed E-state index contributed by atoms with van der Waals surface area (Å²) in [7, 11) is 0. The van der Waals surface area contributed by atoms with Crippen molar-refractivity contribution in [2.24, 2.45) is 0 Å². The first-order valence-corrected chi connectivity index (χ1v) is 12.7. The number of rotatable bonds is 7. The van der Waals surface area contributed by atoms with E-state index in [0.29, 0.717) is 33.9 Å². The molecule has 0 saturated heterocycles.